The largest absolute Gasteiger partial charge is 0.342 e. The van der Waals surface area contributed by atoms with E-state index in [1.54, 1.807) is 10.6 Å². The second-order valence-electron chi connectivity index (χ2n) is 7.17. The highest BCUT2D eigenvalue weighted by Gasteiger charge is 2.19. The van der Waals surface area contributed by atoms with Crippen molar-refractivity contribution < 1.29 is 9.59 Å². The SMILES string of the molecule is Cc1cccc(NC(=O)CSc2nnc([C@H](C)NC(=O)c3cccc(C)c3)n2C)c1. The van der Waals surface area contributed by atoms with Gasteiger partial charge >= 0.3 is 0 Å². The van der Waals surface area contributed by atoms with Gasteiger partial charge in [-0.25, -0.2) is 0 Å². The third-order valence-electron chi connectivity index (χ3n) is 4.52. The maximum atomic E-state index is 12.5. The Bertz CT molecular complexity index is 1060. The Kier molecular flexibility index (Phi) is 6.89. The molecule has 2 N–H and O–H groups in total. The van der Waals surface area contributed by atoms with Crippen molar-refractivity contribution in [2.24, 2.45) is 7.05 Å². The number of nitrogens with zero attached hydrogens (tertiary/aromatic N) is 3. The summed E-state index contributed by atoms with van der Waals surface area (Å²) in [5.41, 5.74) is 3.48. The molecule has 0 radical (unpaired) electrons. The van der Waals surface area contributed by atoms with Gasteiger partial charge in [0.1, 0.15) is 0 Å². The van der Waals surface area contributed by atoms with Crippen LogP contribution in [0.2, 0.25) is 0 Å². The van der Waals surface area contributed by atoms with Crippen LogP contribution in [0.5, 0.6) is 0 Å². The van der Waals surface area contributed by atoms with E-state index >= 15 is 0 Å². The number of carbonyl (C=O) groups excluding carboxylic acids is 2. The van der Waals surface area contributed by atoms with E-state index in [0.29, 0.717) is 16.5 Å². The van der Waals surface area contributed by atoms with Gasteiger partial charge in [0, 0.05) is 18.3 Å². The van der Waals surface area contributed by atoms with Gasteiger partial charge in [0.2, 0.25) is 5.91 Å². The fourth-order valence-corrected chi connectivity index (χ4v) is 3.73. The van der Waals surface area contributed by atoms with Gasteiger partial charge in [-0.3, -0.25) is 9.59 Å². The zero-order chi connectivity index (χ0) is 21.7. The van der Waals surface area contributed by atoms with Crippen LogP contribution in [-0.2, 0) is 11.8 Å². The molecular weight excluding hydrogens is 398 g/mol. The number of rotatable bonds is 7. The summed E-state index contributed by atoms with van der Waals surface area (Å²) >= 11 is 1.30. The van der Waals surface area contributed by atoms with E-state index in [2.05, 4.69) is 20.8 Å². The fraction of sp³-hybridized carbons (Fsp3) is 0.273. The van der Waals surface area contributed by atoms with E-state index in [1.807, 2.05) is 70.3 Å². The highest BCUT2D eigenvalue weighted by atomic mass is 32.2. The lowest BCUT2D eigenvalue weighted by Gasteiger charge is -2.14. The van der Waals surface area contributed by atoms with Gasteiger partial charge in [0.25, 0.3) is 5.91 Å². The third-order valence-corrected chi connectivity index (χ3v) is 5.54. The van der Waals surface area contributed by atoms with Crippen LogP contribution in [0, 0.1) is 13.8 Å². The summed E-state index contributed by atoms with van der Waals surface area (Å²) in [5.74, 6) is 0.554. The summed E-state index contributed by atoms with van der Waals surface area (Å²) in [6.07, 6.45) is 0. The van der Waals surface area contributed by atoms with E-state index in [-0.39, 0.29) is 23.6 Å². The molecule has 7 nitrogen and oxygen atoms in total. The number of aryl methyl sites for hydroxylation is 2. The summed E-state index contributed by atoms with van der Waals surface area (Å²) in [7, 11) is 1.82. The van der Waals surface area contributed by atoms with Crippen molar-refractivity contribution in [2.75, 3.05) is 11.1 Å². The normalized spacial score (nSPS) is 11.7. The molecule has 3 aromatic rings. The first-order valence-electron chi connectivity index (χ1n) is 9.59. The maximum Gasteiger partial charge on any atom is 0.251 e. The predicted octanol–water partition coefficient (Wildman–Crippen LogP) is 3.65. The number of thioether (sulfide) groups is 1. The van der Waals surface area contributed by atoms with Crippen LogP contribution in [0.15, 0.2) is 53.7 Å². The Morgan fingerprint density at radius 1 is 1.07 bits per heavy atom. The average Bonchev–Trinajstić information content (AvgIpc) is 3.07. The smallest absolute Gasteiger partial charge is 0.251 e. The Morgan fingerprint density at radius 3 is 2.47 bits per heavy atom. The standard InChI is InChI=1S/C22H25N5O2S/c1-14-7-5-9-17(11-14)21(29)23-16(3)20-25-26-22(27(20)4)30-13-19(28)24-18-10-6-8-15(2)12-18/h5-12,16H,13H2,1-4H3,(H,23,29)(H,24,28)/t16-/m0/s1. The van der Waals surface area contributed by atoms with Gasteiger partial charge in [-0.2, -0.15) is 0 Å². The fourth-order valence-electron chi connectivity index (χ4n) is 3.01. The molecule has 0 aliphatic carbocycles. The molecule has 1 aromatic heterocycles. The first-order chi connectivity index (χ1) is 14.3. The molecule has 0 saturated heterocycles. The first-order valence-corrected chi connectivity index (χ1v) is 10.6. The molecule has 0 spiro atoms. The molecule has 8 heteroatoms. The van der Waals surface area contributed by atoms with Crippen LogP contribution >= 0.6 is 11.8 Å². The quantitative estimate of drug-likeness (QED) is 0.566. The van der Waals surface area contributed by atoms with E-state index < -0.39 is 0 Å². The number of anilines is 1. The highest BCUT2D eigenvalue weighted by molar-refractivity contribution is 7.99. The zero-order valence-electron chi connectivity index (χ0n) is 17.5. The summed E-state index contributed by atoms with van der Waals surface area (Å²) in [6.45, 7) is 5.78. The molecule has 0 bridgehead atoms. The number of hydrogen-bond donors (Lipinski definition) is 2. The molecular formula is C22H25N5O2S. The number of benzene rings is 2. The third kappa shape index (κ3) is 5.48. The van der Waals surface area contributed by atoms with E-state index in [0.717, 1.165) is 16.8 Å². The lowest BCUT2D eigenvalue weighted by molar-refractivity contribution is -0.113. The summed E-state index contributed by atoms with van der Waals surface area (Å²) in [4.78, 5) is 24.7. The van der Waals surface area contributed by atoms with Crippen molar-refractivity contribution in [1.82, 2.24) is 20.1 Å². The minimum atomic E-state index is -0.328. The molecule has 0 aliphatic rings. The molecule has 0 aliphatic heterocycles. The van der Waals surface area contributed by atoms with Crippen LogP contribution in [0.1, 0.15) is 40.3 Å². The molecule has 0 saturated carbocycles. The second-order valence-corrected chi connectivity index (χ2v) is 8.11. The summed E-state index contributed by atoms with van der Waals surface area (Å²) in [5, 5.41) is 14.8. The summed E-state index contributed by atoms with van der Waals surface area (Å²) < 4.78 is 1.80. The molecule has 2 amide bonds. The van der Waals surface area contributed by atoms with Gasteiger partial charge in [0.05, 0.1) is 11.8 Å². The van der Waals surface area contributed by atoms with E-state index in [4.69, 9.17) is 0 Å². The van der Waals surface area contributed by atoms with Crippen molar-refractivity contribution >= 4 is 29.3 Å². The summed E-state index contributed by atoms with van der Waals surface area (Å²) in [6, 6.07) is 14.7. The monoisotopic (exact) mass is 423 g/mol. The molecule has 30 heavy (non-hydrogen) atoms. The second kappa shape index (κ2) is 9.58. The van der Waals surface area contributed by atoms with E-state index in [1.165, 1.54) is 11.8 Å². The maximum absolute atomic E-state index is 12.5. The minimum absolute atomic E-state index is 0.115. The van der Waals surface area contributed by atoms with Crippen molar-refractivity contribution in [3.8, 4) is 0 Å². The molecule has 156 valence electrons. The van der Waals surface area contributed by atoms with Gasteiger partial charge in [-0.1, -0.05) is 41.6 Å². The lowest BCUT2D eigenvalue weighted by atomic mass is 10.1. The van der Waals surface area contributed by atoms with Crippen LogP contribution in [0.25, 0.3) is 0 Å². The van der Waals surface area contributed by atoms with Crippen LogP contribution < -0.4 is 10.6 Å². The Labute approximate surface area is 180 Å². The number of amides is 2. The van der Waals surface area contributed by atoms with Crippen LogP contribution in [0.4, 0.5) is 5.69 Å². The number of aromatic nitrogens is 3. The van der Waals surface area contributed by atoms with Gasteiger partial charge in [0.15, 0.2) is 11.0 Å². The molecule has 3 rings (SSSR count). The van der Waals surface area contributed by atoms with Crippen molar-refractivity contribution in [3.63, 3.8) is 0 Å². The van der Waals surface area contributed by atoms with Gasteiger partial charge < -0.3 is 15.2 Å². The molecule has 0 fully saturated rings. The molecule has 1 atom stereocenters. The van der Waals surface area contributed by atoms with Gasteiger partial charge in [-0.15, -0.1) is 10.2 Å². The van der Waals surface area contributed by atoms with Crippen LogP contribution in [-0.4, -0.2) is 32.3 Å². The Balaban J connectivity index is 1.58. The Morgan fingerprint density at radius 2 is 1.77 bits per heavy atom. The predicted molar refractivity (Wildman–Crippen MR) is 119 cm³/mol. The number of nitrogens with one attached hydrogen (secondary N) is 2. The minimum Gasteiger partial charge on any atom is -0.342 e. The Hall–Kier alpha value is -3.13. The van der Waals surface area contributed by atoms with Crippen molar-refractivity contribution in [2.45, 2.75) is 32.0 Å². The number of hydrogen-bond acceptors (Lipinski definition) is 5. The lowest BCUT2D eigenvalue weighted by Crippen LogP contribution is -2.28. The molecule has 1 heterocycles. The van der Waals surface area contributed by atoms with Crippen molar-refractivity contribution in [3.05, 3.63) is 71.0 Å². The highest BCUT2D eigenvalue weighted by Crippen LogP contribution is 2.20. The zero-order valence-corrected chi connectivity index (χ0v) is 18.3. The van der Waals surface area contributed by atoms with Crippen molar-refractivity contribution in [1.29, 1.82) is 0 Å². The van der Waals surface area contributed by atoms with E-state index in [9.17, 15) is 9.59 Å². The average molecular weight is 424 g/mol. The molecule has 2 aromatic carbocycles. The number of carbonyl (C=O) groups is 2. The van der Waals surface area contributed by atoms with Gasteiger partial charge in [-0.05, 0) is 50.6 Å². The topological polar surface area (TPSA) is 88.9 Å². The first kappa shape index (κ1) is 21.6. The van der Waals surface area contributed by atoms with Crippen LogP contribution in [0.3, 0.4) is 0 Å². The molecule has 0 unspecified atom stereocenters.